The van der Waals surface area contributed by atoms with Crippen molar-refractivity contribution in [3.8, 4) is 17.0 Å². The maximum atomic E-state index is 14.5. The van der Waals surface area contributed by atoms with Crippen molar-refractivity contribution in [1.82, 2.24) is 9.55 Å². The van der Waals surface area contributed by atoms with Crippen molar-refractivity contribution in [2.24, 2.45) is 13.0 Å². The molecule has 1 fully saturated rings. The predicted octanol–water partition coefficient (Wildman–Crippen LogP) is 3.38. The molecule has 4 rings (SSSR count). The number of amides is 1. The van der Waals surface area contributed by atoms with Crippen molar-refractivity contribution in [2.45, 2.75) is 12.6 Å². The number of aromatic hydroxyl groups is 1. The summed E-state index contributed by atoms with van der Waals surface area (Å²) in [4.78, 5) is 15.8. The fourth-order valence-electron chi connectivity index (χ4n) is 2.90. The van der Waals surface area contributed by atoms with Crippen molar-refractivity contribution in [2.75, 3.05) is 5.32 Å². The van der Waals surface area contributed by atoms with Gasteiger partial charge >= 0.3 is 0 Å². The highest BCUT2D eigenvalue weighted by Crippen LogP contribution is 2.37. The lowest BCUT2D eigenvalue weighted by Crippen LogP contribution is -2.15. The number of carbonyl (C=O) groups is 1. The van der Waals surface area contributed by atoms with E-state index in [0.717, 1.165) is 0 Å². The largest absolute Gasteiger partial charge is 0.504 e. The van der Waals surface area contributed by atoms with Gasteiger partial charge in [0.05, 0.1) is 11.6 Å². The second kappa shape index (κ2) is 5.54. The van der Waals surface area contributed by atoms with E-state index in [4.69, 9.17) is 0 Å². The SMILES string of the molecule is Cn1cccc1-c1cc2cc(NC(=O)C3CC3F)ncc2c(O)c1F. The summed E-state index contributed by atoms with van der Waals surface area (Å²) in [5.41, 5.74) is 0.849. The Morgan fingerprint density at radius 3 is 2.84 bits per heavy atom. The zero-order valence-corrected chi connectivity index (χ0v) is 13.3. The Kier molecular flexibility index (Phi) is 3.45. The Morgan fingerprint density at radius 1 is 1.44 bits per heavy atom. The molecule has 2 unspecified atom stereocenters. The number of nitrogens with one attached hydrogen (secondary N) is 1. The molecule has 1 aliphatic rings. The average molecular weight is 343 g/mol. The third kappa shape index (κ3) is 2.61. The van der Waals surface area contributed by atoms with Crippen molar-refractivity contribution in [3.63, 3.8) is 0 Å². The van der Waals surface area contributed by atoms with Crippen LogP contribution in [0.5, 0.6) is 5.75 Å². The minimum absolute atomic E-state index is 0.225. The van der Waals surface area contributed by atoms with Crippen LogP contribution in [-0.2, 0) is 11.8 Å². The van der Waals surface area contributed by atoms with E-state index in [1.165, 1.54) is 12.3 Å². The van der Waals surface area contributed by atoms with Crippen LogP contribution in [-0.4, -0.2) is 26.7 Å². The summed E-state index contributed by atoms with van der Waals surface area (Å²) in [6.45, 7) is 0. The van der Waals surface area contributed by atoms with Crippen LogP contribution in [0.2, 0.25) is 0 Å². The first-order chi connectivity index (χ1) is 12.0. The maximum Gasteiger partial charge on any atom is 0.231 e. The van der Waals surface area contributed by atoms with E-state index >= 15 is 0 Å². The first-order valence-electron chi connectivity index (χ1n) is 7.83. The summed E-state index contributed by atoms with van der Waals surface area (Å²) >= 11 is 0. The summed E-state index contributed by atoms with van der Waals surface area (Å²) in [6.07, 6.45) is 2.20. The molecule has 128 valence electrons. The molecular formula is C18H15F2N3O2. The zero-order valence-electron chi connectivity index (χ0n) is 13.3. The number of benzene rings is 1. The Balaban J connectivity index is 1.77. The number of hydrogen-bond donors (Lipinski definition) is 2. The molecule has 2 N–H and O–H groups in total. The van der Waals surface area contributed by atoms with Crippen LogP contribution in [0.3, 0.4) is 0 Å². The molecular weight excluding hydrogens is 328 g/mol. The third-order valence-corrected chi connectivity index (χ3v) is 4.46. The number of aryl methyl sites for hydroxylation is 1. The topological polar surface area (TPSA) is 67.2 Å². The number of nitrogens with zero attached hydrogens (tertiary/aromatic N) is 2. The minimum atomic E-state index is -1.09. The van der Waals surface area contributed by atoms with Crippen LogP contribution in [0.1, 0.15) is 6.42 Å². The number of hydrogen-bond acceptors (Lipinski definition) is 3. The first kappa shape index (κ1) is 15.6. The Morgan fingerprint density at radius 2 is 2.20 bits per heavy atom. The van der Waals surface area contributed by atoms with Gasteiger partial charge in [0.2, 0.25) is 5.91 Å². The highest BCUT2D eigenvalue weighted by Gasteiger charge is 2.43. The molecule has 25 heavy (non-hydrogen) atoms. The van der Waals surface area contributed by atoms with E-state index in [-0.39, 0.29) is 23.2 Å². The second-order valence-corrected chi connectivity index (χ2v) is 6.23. The average Bonchev–Trinajstić information content (AvgIpc) is 3.17. The van der Waals surface area contributed by atoms with E-state index in [1.807, 2.05) is 0 Å². The van der Waals surface area contributed by atoms with Crippen molar-refractivity contribution in [1.29, 1.82) is 0 Å². The molecule has 0 saturated heterocycles. The molecule has 2 heterocycles. The van der Waals surface area contributed by atoms with Gasteiger partial charge in [0, 0.05) is 30.4 Å². The van der Waals surface area contributed by atoms with E-state index in [0.29, 0.717) is 11.1 Å². The molecule has 0 aliphatic heterocycles. The van der Waals surface area contributed by atoms with E-state index in [9.17, 15) is 18.7 Å². The molecule has 0 bridgehead atoms. The van der Waals surface area contributed by atoms with Crippen molar-refractivity contribution in [3.05, 3.63) is 42.5 Å². The molecule has 2 atom stereocenters. The number of pyridine rings is 1. The fourth-order valence-corrected chi connectivity index (χ4v) is 2.90. The lowest BCUT2D eigenvalue weighted by Gasteiger charge is -2.11. The number of anilines is 1. The smallest absolute Gasteiger partial charge is 0.231 e. The summed E-state index contributed by atoms with van der Waals surface area (Å²) < 4.78 is 29.2. The van der Waals surface area contributed by atoms with Crippen LogP contribution < -0.4 is 5.32 Å². The Labute approximate surface area is 141 Å². The molecule has 0 spiro atoms. The maximum absolute atomic E-state index is 14.5. The highest BCUT2D eigenvalue weighted by molar-refractivity contribution is 5.98. The van der Waals surface area contributed by atoms with Crippen LogP contribution >= 0.6 is 0 Å². The van der Waals surface area contributed by atoms with Gasteiger partial charge in [0.25, 0.3) is 0 Å². The number of carbonyl (C=O) groups excluding carboxylic acids is 1. The lowest BCUT2D eigenvalue weighted by atomic mass is 10.0. The molecule has 3 aromatic rings. The van der Waals surface area contributed by atoms with Gasteiger partial charge in [-0.1, -0.05) is 0 Å². The number of rotatable bonds is 3. The fraction of sp³-hybridized carbons (Fsp3) is 0.222. The number of alkyl halides is 1. The van der Waals surface area contributed by atoms with Gasteiger partial charge in [-0.15, -0.1) is 0 Å². The monoisotopic (exact) mass is 343 g/mol. The van der Waals surface area contributed by atoms with Gasteiger partial charge in [-0.2, -0.15) is 0 Å². The zero-order chi connectivity index (χ0) is 17.7. The molecule has 1 aromatic carbocycles. The first-order valence-corrected chi connectivity index (χ1v) is 7.83. The second-order valence-electron chi connectivity index (χ2n) is 6.23. The number of phenolic OH excluding ortho intramolecular Hbond substituents is 1. The summed E-state index contributed by atoms with van der Waals surface area (Å²) in [6, 6.07) is 6.64. The van der Waals surface area contributed by atoms with E-state index in [2.05, 4.69) is 10.3 Å². The molecule has 1 amide bonds. The standard InChI is InChI=1S/C18H15F2N3O2/c1-23-4-2-3-14(23)11-5-9-6-15(22-18(25)10-7-13(10)19)21-8-12(9)17(24)16(11)20/h2-6,8,10,13,24H,7H2,1H3,(H,21,22,25). The molecule has 2 aromatic heterocycles. The Bertz CT molecular complexity index is 999. The molecule has 1 saturated carbocycles. The predicted molar refractivity (Wildman–Crippen MR) is 89.4 cm³/mol. The minimum Gasteiger partial charge on any atom is -0.504 e. The van der Waals surface area contributed by atoms with Crippen molar-refractivity contribution >= 4 is 22.5 Å². The number of phenols is 1. The van der Waals surface area contributed by atoms with Gasteiger partial charge in [-0.05, 0) is 36.1 Å². The van der Waals surface area contributed by atoms with E-state index in [1.54, 1.807) is 36.0 Å². The third-order valence-electron chi connectivity index (χ3n) is 4.46. The molecule has 0 radical (unpaired) electrons. The van der Waals surface area contributed by atoms with Crippen LogP contribution in [0.15, 0.2) is 36.7 Å². The highest BCUT2D eigenvalue weighted by atomic mass is 19.1. The summed E-state index contributed by atoms with van der Waals surface area (Å²) in [7, 11) is 1.78. The van der Waals surface area contributed by atoms with Crippen LogP contribution in [0.4, 0.5) is 14.6 Å². The number of aromatic nitrogens is 2. The Hall–Kier alpha value is -2.96. The van der Waals surface area contributed by atoms with Crippen LogP contribution in [0.25, 0.3) is 22.0 Å². The molecule has 7 heteroatoms. The van der Waals surface area contributed by atoms with Gasteiger partial charge in [-0.3, -0.25) is 4.79 Å². The number of halogens is 2. The van der Waals surface area contributed by atoms with Gasteiger partial charge in [0.15, 0.2) is 11.6 Å². The summed E-state index contributed by atoms with van der Waals surface area (Å²) in [5.74, 6) is -2.04. The van der Waals surface area contributed by atoms with Gasteiger partial charge in [-0.25, -0.2) is 13.8 Å². The normalized spacial score (nSPS) is 19.2. The van der Waals surface area contributed by atoms with Crippen LogP contribution in [0, 0.1) is 11.7 Å². The molecule has 1 aliphatic carbocycles. The summed E-state index contributed by atoms with van der Waals surface area (Å²) in [5, 5.41) is 13.5. The van der Waals surface area contributed by atoms with E-state index < -0.39 is 29.6 Å². The lowest BCUT2D eigenvalue weighted by molar-refractivity contribution is -0.117. The quantitative estimate of drug-likeness (QED) is 0.766. The molecule has 5 nitrogen and oxygen atoms in total. The number of fused-ring (bicyclic) bond motifs is 1. The van der Waals surface area contributed by atoms with Crippen molar-refractivity contribution < 1.29 is 18.7 Å². The van der Waals surface area contributed by atoms with Gasteiger partial charge < -0.3 is 15.0 Å². The van der Waals surface area contributed by atoms with Gasteiger partial charge in [0.1, 0.15) is 12.0 Å².